The molecule has 1 fully saturated rings. The van der Waals surface area contributed by atoms with Crippen molar-refractivity contribution in [2.75, 3.05) is 13.2 Å². The fraction of sp³-hybridized carbons (Fsp3) is 0.444. The van der Waals surface area contributed by atoms with E-state index in [0.717, 1.165) is 22.3 Å². The molecule has 180 valence electrons. The summed E-state index contributed by atoms with van der Waals surface area (Å²) < 4.78 is 5.60. The van der Waals surface area contributed by atoms with Crippen molar-refractivity contribution in [1.82, 2.24) is 10.2 Å². The number of carbonyl (C=O) groups excluding carboxylic acids is 2. The van der Waals surface area contributed by atoms with Gasteiger partial charge in [-0.05, 0) is 40.5 Å². The molecule has 1 heterocycles. The summed E-state index contributed by atoms with van der Waals surface area (Å²) in [5.41, 5.74) is 4.10. The molecular weight excluding hydrogens is 432 g/mol. The number of hydrogen-bond donors (Lipinski definition) is 2. The van der Waals surface area contributed by atoms with Gasteiger partial charge in [0.1, 0.15) is 12.6 Å². The molecule has 34 heavy (non-hydrogen) atoms. The smallest absolute Gasteiger partial charge is 0.407 e. The fourth-order valence-electron chi connectivity index (χ4n) is 5.26. The molecule has 1 saturated heterocycles. The van der Waals surface area contributed by atoms with Crippen molar-refractivity contribution in [3.63, 3.8) is 0 Å². The number of hydrogen-bond acceptors (Lipinski definition) is 4. The van der Waals surface area contributed by atoms with Crippen LogP contribution in [0.2, 0.25) is 0 Å². The largest absolute Gasteiger partial charge is 0.480 e. The Hall–Kier alpha value is -3.35. The van der Waals surface area contributed by atoms with E-state index in [-0.39, 0.29) is 24.9 Å². The number of carboxylic acids is 1. The van der Waals surface area contributed by atoms with E-state index in [0.29, 0.717) is 19.4 Å². The second kappa shape index (κ2) is 9.49. The van der Waals surface area contributed by atoms with Crippen LogP contribution in [0.4, 0.5) is 4.79 Å². The van der Waals surface area contributed by atoms with Crippen LogP contribution < -0.4 is 5.32 Å². The number of likely N-dealkylation sites (tertiary alicyclic amines) is 1. The Morgan fingerprint density at radius 1 is 1.09 bits per heavy atom. The second-order valence-electron chi connectivity index (χ2n) is 9.85. The predicted molar refractivity (Wildman–Crippen MR) is 128 cm³/mol. The van der Waals surface area contributed by atoms with Gasteiger partial charge in [-0.1, -0.05) is 69.3 Å². The Morgan fingerprint density at radius 2 is 1.68 bits per heavy atom. The van der Waals surface area contributed by atoms with Crippen molar-refractivity contribution in [3.05, 3.63) is 59.7 Å². The third-order valence-electron chi connectivity index (χ3n) is 7.18. The summed E-state index contributed by atoms with van der Waals surface area (Å²) in [6.07, 6.45) is 0.635. The molecule has 4 rings (SSSR count). The third-order valence-corrected chi connectivity index (χ3v) is 7.18. The summed E-state index contributed by atoms with van der Waals surface area (Å²) >= 11 is 0. The topological polar surface area (TPSA) is 95.9 Å². The maximum absolute atomic E-state index is 12.9. The number of amides is 2. The lowest BCUT2D eigenvalue weighted by atomic mass is 9.85. The van der Waals surface area contributed by atoms with E-state index >= 15 is 0 Å². The van der Waals surface area contributed by atoms with Crippen LogP contribution in [0.25, 0.3) is 11.1 Å². The fourth-order valence-corrected chi connectivity index (χ4v) is 5.26. The zero-order chi connectivity index (χ0) is 24.5. The normalized spacial score (nSPS) is 19.3. The van der Waals surface area contributed by atoms with Gasteiger partial charge in [0.05, 0.1) is 0 Å². The lowest BCUT2D eigenvalue weighted by Crippen LogP contribution is -2.48. The number of alkyl carbamates (subject to hydrolysis) is 1. The number of ether oxygens (including phenoxy) is 1. The van der Waals surface area contributed by atoms with Crippen molar-refractivity contribution in [2.24, 2.45) is 5.41 Å². The van der Waals surface area contributed by atoms with Gasteiger partial charge in [0, 0.05) is 24.9 Å². The molecule has 0 saturated carbocycles. The first-order valence-electron chi connectivity index (χ1n) is 11.9. The molecule has 7 heteroatoms. The van der Waals surface area contributed by atoms with Crippen LogP contribution >= 0.6 is 0 Å². The van der Waals surface area contributed by atoms with E-state index in [1.54, 1.807) is 0 Å². The SMILES string of the molecule is CC[C@H](CC(=O)N1CCC(C)(C)C1C(=O)O)NC(=O)OCC1c2ccccc2-c2ccccc21. The molecule has 2 aromatic carbocycles. The van der Waals surface area contributed by atoms with E-state index in [4.69, 9.17) is 4.74 Å². The number of carboxylic acid groups (broad SMARTS) is 1. The van der Waals surface area contributed by atoms with E-state index in [9.17, 15) is 19.5 Å². The van der Waals surface area contributed by atoms with Crippen molar-refractivity contribution in [2.45, 2.75) is 58.0 Å². The van der Waals surface area contributed by atoms with Crippen molar-refractivity contribution in [1.29, 1.82) is 0 Å². The summed E-state index contributed by atoms with van der Waals surface area (Å²) in [5, 5.41) is 12.4. The molecule has 0 spiro atoms. The molecule has 1 aliphatic heterocycles. The van der Waals surface area contributed by atoms with Crippen molar-refractivity contribution >= 4 is 18.0 Å². The van der Waals surface area contributed by atoms with Crippen LogP contribution in [0, 0.1) is 5.41 Å². The highest BCUT2D eigenvalue weighted by molar-refractivity contribution is 5.85. The van der Waals surface area contributed by atoms with E-state index < -0.39 is 29.6 Å². The van der Waals surface area contributed by atoms with E-state index in [1.165, 1.54) is 4.90 Å². The first kappa shape index (κ1) is 23.8. The number of benzene rings is 2. The van der Waals surface area contributed by atoms with Crippen molar-refractivity contribution < 1.29 is 24.2 Å². The van der Waals surface area contributed by atoms with Crippen LogP contribution in [0.3, 0.4) is 0 Å². The number of fused-ring (bicyclic) bond motifs is 3. The Kier molecular flexibility index (Phi) is 6.64. The van der Waals surface area contributed by atoms with E-state index in [1.807, 2.05) is 45.0 Å². The number of carbonyl (C=O) groups is 3. The van der Waals surface area contributed by atoms with Gasteiger partial charge in [-0.2, -0.15) is 0 Å². The summed E-state index contributed by atoms with van der Waals surface area (Å²) in [4.78, 5) is 38.7. The first-order valence-corrected chi connectivity index (χ1v) is 11.9. The number of aliphatic carboxylic acids is 1. The molecule has 0 bridgehead atoms. The van der Waals surface area contributed by atoms with Gasteiger partial charge >= 0.3 is 12.1 Å². The lowest BCUT2D eigenvalue weighted by molar-refractivity contribution is -0.151. The maximum atomic E-state index is 12.9. The molecule has 1 aliphatic carbocycles. The molecule has 2 aliphatic rings. The third kappa shape index (κ3) is 4.52. The molecule has 2 aromatic rings. The molecule has 2 amide bonds. The quantitative estimate of drug-likeness (QED) is 0.633. The van der Waals surface area contributed by atoms with Gasteiger partial charge in [0.2, 0.25) is 5.91 Å². The highest BCUT2D eigenvalue weighted by atomic mass is 16.5. The zero-order valence-corrected chi connectivity index (χ0v) is 19.9. The van der Waals surface area contributed by atoms with Gasteiger partial charge in [0.15, 0.2) is 0 Å². The molecule has 1 unspecified atom stereocenters. The first-order chi connectivity index (χ1) is 16.2. The monoisotopic (exact) mass is 464 g/mol. The Bertz CT molecular complexity index is 1050. The highest BCUT2D eigenvalue weighted by Gasteiger charge is 2.47. The Morgan fingerprint density at radius 3 is 2.24 bits per heavy atom. The number of rotatable bonds is 7. The average Bonchev–Trinajstić information content (AvgIpc) is 3.31. The maximum Gasteiger partial charge on any atom is 0.407 e. The van der Waals surface area contributed by atoms with Crippen molar-refractivity contribution in [3.8, 4) is 11.1 Å². The molecule has 2 N–H and O–H groups in total. The second-order valence-corrected chi connectivity index (χ2v) is 9.85. The average molecular weight is 465 g/mol. The van der Waals surface area contributed by atoms with Crippen LogP contribution in [0.1, 0.15) is 57.1 Å². The molecule has 7 nitrogen and oxygen atoms in total. The summed E-state index contributed by atoms with van der Waals surface area (Å²) in [7, 11) is 0. The minimum Gasteiger partial charge on any atom is -0.480 e. The van der Waals surface area contributed by atoms with Gasteiger partial charge in [-0.3, -0.25) is 4.79 Å². The number of nitrogens with zero attached hydrogens (tertiary/aromatic N) is 1. The Labute approximate surface area is 200 Å². The summed E-state index contributed by atoms with van der Waals surface area (Å²) in [6, 6.07) is 15.0. The predicted octanol–water partition coefficient (Wildman–Crippen LogP) is 4.41. The summed E-state index contributed by atoms with van der Waals surface area (Å²) in [6.45, 7) is 6.22. The summed E-state index contributed by atoms with van der Waals surface area (Å²) in [5.74, 6) is -1.29. The van der Waals surface area contributed by atoms with E-state index in [2.05, 4.69) is 29.6 Å². The lowest BCUT2D eigenvalue weighted by Gasteiger charge is -2.30. The van der Waals surface area contributed by atoms with Crippen LogP contribution in [-0.4, -0.2) is 53.2 Å². The molecular formula is C27H32N2O5. The van der Waals surface area contributed by atoms with Crippen LogP contribution in [0.15, 0.2) is 48.5 Å². The molecule has 2 atom stereocenters. The minimum absolute atomic E-state index is 0.0389. The van der Waals surface area contributed by atoms with Crippen LogP contribution in [0.5, 0.6) is 0 Å². The van der Waals surface area contributed by atoms with Gasteiger partial charge < -0.3 is 20.1 Å². The molecule has 0 aromatic heterocycles. The van der Waals surface area contributed by atoms with Gasteiger partial charge in [-0.25, -0.2) is 9.59 Å². The number of nitrogens with one attached hydrogen (secondary N) is 1. The zero-order valence-electron chi connectivity index (χ0n) is 19.9. The van der Waals surface area contributed by atoms with Crippen LogP contribution in [-0.2, 0) is 14.3 Å². The minimum atomic E-state index is -0.992. The highest BCUT2D eigenvalue weighted by Crippen LogP contribution is 2.44. The standard InChI is InChI=1S/C27H32N2O5/c1-4-17(15-23(30)29-14-13-27(2,3)24(29)25(31)32)28-26(33)34-16-22-20-11-7-5-9-18(20)19-10-6-8-12-21(19)22/h5-12,17,22,24H,4,13-16H2,1-3H3,(H,28,33)(H,31,32)/t17-,24?/m1/s1. The van der Waals surface area contributed by atoms with Gasteiger partial charge in [-0.15, -0.1) is 0 Å². The van der Waals surface area contributed by atoms with Gasteiger partial charge in [0.25, 0.3) is 0 Å². The molecule has 0 radical (unpaired) electrons. The Balaban J connectivity index is 1.36.